The SMILES string of the molecule is O=c1cc2n(c(=O)[nH]1)[C@@H]1O[C@@H]([C@@H](O)[C@H]1O)[C@H]2CO. The molecule has 5 atom stereocenters. The Kier molecular flexibility index (Phi) is 2.42. The van der Waals surface area contributed by atoms with E-state index in [0.717, 1.165) is 4.57 Å². The molecule has 8 nitrogen and oxygen atoms in total. The average molecular weight is 256 g/mol. The molecule has 0 unspecified atom stereocenters. The van der Waals surface area contributed by atoms with E-state index in [2.05, 4.69) is 4.98 Å². The van der Waals surface area contributed by atoms with Crippen LogP contribution in [-0.4, -0.2) is 49.8 Å². The molecule has 1 fully saturated rings. The van der Waals surface area contributed by atoms with Crippen LogP contribution in [0.2, 0.25) is 0 Å². The van der Waals surface area contributed by atoms with Crippen LogP contribution in [0.3, 0.4) is 0 Å². The fourth-order valence-electron chi connectivity index (χ4n) is 2.67. The third kappa shape index (κ3) is 1.34. The number of aliphatic hydroxyl groups excluding tert-OH is 3. The predicted octanol–water partition coefficient (Wildman–Crippen LogP) is -2.75. The molecular formula is C10H12N2O6. The normalized spacial score (nSPS) is 37.6. The van der Waals surface area contributed by atoms with Crippen LogP contribution < -0.4 is 11.2 Å². The van der Waals surface area contributed by atoms with Crippen molar-refractivity contribution in [1.29, 1.82) is 0 Å². The quantitative estimate of drug-likeness (QED) is 0.431. The molecule has 0 aromatic carbocycles. The smallest absolute Gasteiger partial charge is 0.330 e. The van der Waals surface area contributed by atoms with Gasteiger partial charge in [-0.05, 0) is 0 Å². The summed E-state index contributed by atoms with van der Waals surface area (Å²) < 4.78 is 6.42. The Bertz CT molecular complexity index is 593. The maximum atomic E-state index is 11.7. The summed E-state index contributed by atoms with van der Waals surface area (Å²) in [5, 5.41) is 29.0. The van der Waals surface area contributed by atoms with Crippen molar-refractivity contribution in [2.75, 3.05) is 6.61 Å². The maximum Gasteiger partial charge on any atom is 0.330 e. The molecule has 0 radical (unpaired) electrons. The molecule has 1 saturated heterocycles. The van der Waals surface area contributed by atoms with Crippen LogP contribution in [0.4, 0.5) is 0 Å². The molecule has 3 heterocycles. The zero-order chi connectivity index (χ0) is 13.0. The molecule has 2 aliphatic rings. The molecule has 0 saturated carbocycles. The number of fused-ring (bicyclic) bond motifs is 4. The van der Waals surface area contributed by atoms with Crippen molar-refractivity contribution in [1.82, 2.24) is 9.55 Å². The van der Waals surface area contributed by atoms with E-state index in [-0.39, 0.29) is 5.69 Å². The number of ether oxygens (including phenoxy) is 1. The van der Waals surface area contributed by atoms with Gasteiger partial charge in [-0.1, -0.05) is 0 Å². The van der Waals surface area contributed by atoms with Crippen molar-refractivity contribution >= 4 is 0 Å². The fraction of sp³-hybridized carbons (Fsp3) is 0.600. The van der Waals surface area contributed by atoms with Gasteiger partial charge in [0.25, 0.3) is 5.56 Å². The number of nitrogens with one attached hydrogen (secondary N) is 1. The van der Waals surface area contributed by atoms with Crippen LogP contribution in [-0.2, 0) is 4.74 Å². The summed E-state index contributed by atoms with van der Waals surface area (Å²) >= 11 is 0. The van der Waals surface area contributed by atoms with E-state index in [0.29, 0.717) is 0 Å². The largest absolute Gasteiger partial charge is 0.396 e. The van der Waals surface area contributed by atoms with Crippen molar-refractivity contribution < 1.29 is 20.1 Å². The standard InChI is InChI=1S/C10H12N2O6/c13-2-3-4-1-5(14)11-10(17)12(4)9-7(16)6(15)8(3)18-9/h1,3,6-9,13,15-16H,2H2,(H,11,14,17)/t3-,6-,7+,8+,9+/m0/s1. The molecule has 2 aliphatic heterocycles. The summed E-state index contributed by atoms with van der Waals surface area (Å²) in [4.78, 5) is 25.1. The van der Waals surface area contributed by atoms with Gasteiger partial charge in [-0.3, -0.25) is 14.3 Å². The zero-order valence-corrected chi connectivity index (χ0v) is 9.18. The van der Waals surface area contributed by atoms with Crippen LogP contribution in [0.1, 0.15) is 17.8 Å². The van der Waals surface area contributed by atoms with E-state index in [4.69, 9.17) is 4.74 Å². The van der Waals surface area contributed by atoms with E-state index in [9.17, 15) is 24.9 Å². The van der Waals surface area contributed by atoms with Gasteiger partial charge in [0.05, 0.1) is 18.6 Å². The number of aromatic amines is 1. The van der Waals surface area contributed by atoms with Gasteiger partial charge in [-0.15, -0.1) is 0 Å². The van der Waals surface area contributed by atoms with Crippen molar-refractivity contribution in [3.63, 3.8) is 0 Å². The Hall–Kier alpha value is -1.48. The number of aliphatic hydroxyl groups is 3. The molecule has 3 rings (SSSR count). The average Bonchev–Trinajstić information content (AvgIpc) is 2.56. The summed E-state index contributed by atoms with van der Waals surface area (Å²) in [5.74, 6) is -0.719. The second-order valence-electron chi connectivity index (χ2n) is 4.50. The first-order chi connectivity index (χ1) is 8.54. The zero-order valence-electron chi connectivity index (χ0n) is 9.18. The molecule has 8 heteroatoms. The number of H-pyrrole nitrogens is 1. The molecule has 0 spiro atoms. The number of nitrogens with zero attached hydrogens (tertiary/aromatic N) is 1. The lowest BCUT2D eigenvalue weighted by Gasteiger charge is -2.31. The highest BCUT2D eigenvalue weighted by Gasteiger charge is 2.52. The minimum absolute atomic E-state index is 0.267. The lowest BCUT2D eigenvalue weighted by atomic mass is 9.95. The van der Waals surface area contributed by atoms with Gasteiger partial charge >= 0.3 is 5.69 Å². The second-order valence-corrected chi connectivity index (χ2v) is 4.50. The molecule has 0 aliphatic carbocycles. The van der Waals surface area contributed by atoms with E-state index < -0.39 is 48.3 Å². The fourth-order valence-corrected chi connectivity index (χ4v) is 2.67. The number of hydrogen-bond acceptors (Lipinski definition) is 6. The molecule has 98 valence electrons. The van der Waals surface area contributed by atoms with E-state index in [1.54, 1.807) is 0 Å². The number of aromatic nitrogens is 2. The molecule has 1 aromatic heterocycles. The third-order valence-corrected chi connectivity index (χ3v) is 3.51. The van der Waals surface area contributed by atoms with Gasteiger partial charge in [-0.25, -0.2) is 4.79 Å². The molecular weight excluding hydrogens is 244 g/mol. The van der Waals surface area contributed by atoms with Crippen LogP contribution in [0.5, 0.6) is 0 Å². The highest BCUT2D eigenvalue weighted by atomic mass is 16.6. The highest BCUT2D eigenvalue weighted by Crippen LogP contribution is 2.41. The Morgan fingerprint density at radius 2 is 2.06 bits per heavy atom. The molecule has 4 N–H and O–H groups in total. The summed E-state index contributed by atoms with van der Waals surface area (Å²) in [5.41, 5.74) is -1.05. The Morgan fingerprint density at radius 1 is 1.33 bits per heavy atom. The molecule has 0 amide bonds. The van der Waals surface area contributed by atoms with Gasteiger partial charge in [0.15, 0.2) is 6.23 Å². The van der Waals surface area contributed by atoms with Crippen LogP contribution in [0.15, 0.2) is 15.7 Å². The van der Waals surface area contributed by atoms with Crippen LogP contribution >= 0.6 is 0 Å². The predicted molar refractivity (Wildman–Crippen MR) is 57.1 cm³/mol. The monoisotopic (exact) mass is 256 g/mol. The van der Waals surface area contributed by atoms with Gasteiger partial charge in [0, 0.05) is 11.8 Å². The van der Waals surface area contributed by atoms with Crippen LogP contribution in [0.25, 0.3) is 0 Å². The maximum absolute atomic E-state index is 11.7. The molecule has 18 heavy (non-hydrogen) atoms. The first-order valence-electron chi connectivity index (χ1n) is 5.53. The minimum atomic E-state index is -1.27. The Morgan fingerprint density at radius 3 is 2.72 bits per heavy atom. The first-order valence-corrected chi connectivity index (χ1v) is 5.53. The van der Waals surface area contributed by atoms with E-state index >= 15 is 0 Å². The van der Waals surface area contributed by atoms with E-state index in [1.165, 1.54) is 6.07 Å². The van der Waals surface area contributed by atoms with Crippen molar-refractivity contribution in [2.24, 2.45) is 0 Å². The van der Waals surface area contributed by atoms with E-state index in [1.807, 2.05) is 0 Å². The van der Waals surface area contributed by atoms with Gasteiger partial charge in [-0.2, -0.15) is 0 Å². The summed E-state index contributed by atoms with van der Waals surface area (Å²) in [6, 6.07) is 1.18. The van der Waals surface area contributed by atoms with Crippen LogP contribution in [0, 0.1) is 0 Å². The third-order valence-electron chi connectivity index (χ3n) is 3.51. The topological polar surface area (TPSA) is 125 Å². The highest BCUT2D eigenvalue weighted by molar-refractivity contribution is 5.18. The lowest BCUT2D eigenvalue weighted by molar-refractivity contribution is -0.0770. The van der Waals surface area contributed by atoms with Gasteiger partial charge < -0.3 is 20.1 Å². The number of rotatable bonds is 1. The lowest BCUT2D eigenvalue weighted by Crippen LogP contribution is -2.42. The summed E-state index contributed by atoms with van der Waals surface area (Å²) in [6.45, 7) is -0.399. The molecule has 1 aromatic rings. The van der Waals surface area contributed by atoms with Crippen molar-refractivity contribution in [2.45, 2.75) is 30.5 Å². The van der Waals surface area contributed by atoms with Crippen molar-refractivity contribution in [3.05, 3.63) is 32.6 Å². The summed E-state index contributed by atoms with van der Waals surface area (Å²) in [6.07, 6.45) is -4.33. The Labute approximate surface area is 100 Å². The minimum Gasteiger partial charge on any atom is -0.396 e. The first kappa shape index (κ1) is 11.6. The Balaban J connectivity index is 2.27. The molecule has 2 bridgehead atoms. The number of hydrogen-bond donors (Lipinski definition) is 4. The van der Waals surface area contributed by atoms with Gasteiger partial charge in [0.2, 0.25) is 0 Å². The van der Waals surface area contributed by atoms with Crippen molar-refractivity contribution in [3.8, 4) is 0 Å². The van der Waals surface area contributed by atoms with Gasteiger partial charge in [0.1, 0.15) is 12.2 Å². The second kappa shape index (κ2) is 3.75. The summed E-state index contributed by atoms with van der Waals surface area (Å²) in [7, 11) is 0.